The van der Waals surface area contributed by atoms with Gasteiger partial charge in [0.25, 0.3) is 5.91 Å². The number of ether oxygens (including phenoxy) is 1. The molecule has 1 aliphatic heterocycles. The van der Waals surface area contributed by atoms with Crippen LogP contribution in [0.3, 0.4) is 0 Å². The van der Waals surface area contributed by atoms with E-state index in [4.69, 9.17) is 17.0 Å². The average molecular weight is 406 g/mol. The highest BCUT2D eigenvalue weighted by Crippen LogP contribution is 2.20. The minimum atomic E-state index is -1.70. The van der Waals surface area contributed by atoms with Gasteiger partial charge in [0.1, 0.15) is 4.32 Å². The third-order valence-corrected chi connectivity index (χ3v) is 5.15. The number of carbonyl (C=O) groups excluding carboxylic acids is 2. The van der Waals surface area contributed by atoms with Crippen molar-refractivity contribution in [2.24, 2.45) is 0 Å². The van der Waals surface area contributed by atoms with E-state index in [2.05, 4.69) is 5.32 Å². The van der Waals surface area contributed by atoms with Crippen molar-refractivity contribution in [2.45, 2.75) is 25.9 Å². The fraction of sp³-hybridized carbons (Fsp3) is 0.438. The lowest BCUT2D eigenvalue weighted by atomic mass is 10.2. The maximum Gasteiger partial charge on any atom is 0.317 e. The van der Waals surface area contributed by atoms with Crippen molar-refractivity contribution in [1.29, 1.82) is 0 Å². The molecule has 1 aromatic carbocycles. The predicted octanol–water partition coefficient (Wildman–Crippen LogP) is 3.09. The Balaban J connectivity index is 1.81. The zero-order valence-electron chi connectivity index (χ0n) is 13.9. The number of likely N-dealkylation sites (tertiary alicyclic amines) is 1. The topological polar surface area (TPSA) is 58.6 Å². The highest BCUT2D eigenvalue weighted by molar-refractivity contribution is 8.23. The fourth-order valence-corrected chi connectivity index (χ4v) is 3.29. The molecule has 1 amide bonds. The van der Waals surface area contributed by atoms with Gasteiger partial charge < -0.3 is 15.0 Å². The van der Waals surface area contributed by atoms with E-state index in [1.54, 1.807) is 0 Å². The van der Waals surface area contributed by atoms with Gasteiger partial charge in [0.2, 0.25) is 0 Å². The molecule has 5 nitrogen and oxygen atoms in total. The van der Waals surface area contributed by atoms with E-state index in [1.165, 1.54) is 6.92 Å². The molecule has 0 unspecified atom stereocenters. The summed E-state index contributed by atoms with van der Waals surface area (Å²) in [7, 11) is 0. The van der Waals surface area contributed by atoms with Crippen LogP contribution in [0.15, 0.2) is 12.1 Å². The van der Waals surface area contributed by atoms with Crippen molar-refractivity contribution in [3.63, 3.8) is 0 Å². The van der Waals surface area contributed by atoms with Crippen molar-refractivity contribution in [3.05, 3.63) is 29.6 Å². The third kappa shape index (κ3) is 5.34. The zero-order chi connectivity index (χ0) is 19.3. The molecule has 1 heterocycles. The molecular weight excluding hydrogens is 389 g/mol. The Kier molecular flexibility index (Phi) is 7.27. The first kappa shape index (κ1) is 20.5. The maximum absolute atomic E-state index is 13.5. The SMILES string of the molecule is C[C@H](OC(=O)CSC(=S)N1CCCC1)C(=O)Nc1ccc(F)c(F)c1F. The quantitative estimate of drug-likeness (QED) is 0.461. The van der Waals surface area contributed by atoms with Crippen molar-refractivity contribution < 1.29 is 27.5 Å². The van der Waals surface area contributed by atoms with E-state index in [0.29, 0.717) is 10.4 Å². The molecule has 0 aliphatic carbocycles. The molecule has 0 saturated carbocycles. The van der Waals surface area contributed by atoms with Gasteiger partial charge in [0.15, 0.2) is 23.6 Å². The minimum absolute atomic E-state index is 0.0630. The average Bonchev–Trinajstić information content (AvgIpc) is 3.14. The number of nitrogens with zero attached hydrogens (tertiary/aromatic N) is 1. The summed E-state index contributed by atoms with van der Waals surface area (Å²) in [6.45, 7) is 3.01. The van der Waals surface area contributed by atoms with E-state index in [9.17, 15) is 22.8 Å². The second-order valence-corrected chi connectivity index (χ2v) is 7.20. The van der Waals surface area contributed by atoms with Crippen LogP contribution in [0.4, 0.5) is 18.9 Å². The van der Waals surface area contributed by atoms with E-state index in [0.717, 1.165) is 43.8 Å². The highest BCUT2D eigenvalue weighted by Gasteiger charge is 2.22. The van der Waals surface area contributed by atoms with Crippen LogP contribution in [0.5, 0.6) is 0 Å². The molecule has 2 rings (SSSR count). The van der Waals surface area contributed by atoms with Gasteiger partial charge in [-0.15, -0.1) is 0 Å². The number of hydrogen-bond acceptors (Lipinski definition) is 5. The smallest absolute Gasteiger partial charge is 0.317 e. The Morgan fingerprint density at radius 1 is 1.27 bits per heavy atom. The Morgan fingerprint density at radius 3 is 2.58 bits per heavy atom. The molecule has 1 aromatic rings. The first-order valence-corrected chi connectivity index (χ1v) is 9.24. The second kappa shape index (κ2) is 9.22. The van der Waals surface area contributed by atoms with Crippen molar-refractivity contribution >= 4 is 45.9 Å². The van der Waals surface area contributed by atoms with Crippen molar-refractivity contribution in [1.82, 2.24) is 4.90 Å². The van der Waals surface area contributed by atoms with Crippen molar-refractivity contribution in [3.8, 4) is 0 Å². The largest absolute Gasteiger partial charge is 0.452 e. The Bertz CT molecular complexity index is 712. The van der Waals surface area contributed by atoms with Gasteiger partial charge in [-0.1, -0.05) is 24.0 Å². The molecule has 1 atom stereocenters. The summed E-state index contributed by atoms with van der Waals surface area (Å²) >= 11 is 6.36. The first-order chi connectivity index (χ1) is 12.3. The van der Waals surface area contributed by atoms with Gasteiger partial charge in [0.05, 0.1) is 11.4 Å². The van der Waals surface area contributed by atoms with Crippen molar-refractivity contribution in [2.75, 3.05) is 24.2 Å². The molecule has 0 radical (unpaired) electrons. The maximum atomic E-state index is 13.5. The number of nitrogens with one attached hydrogen (secondary N) is 1. The summed E-state index contributed by atoms with van der Waals surface area (Å²) in [6, 6.07) is 1.56. The summed E-state index contributed by atoms with van der Waals surface area (Å²) in [5, 5.41) is 2.05. The number of anilines is 1. The van der Waals surface area contributed by atoms with Crippen LogP contribution in [0, 0.1) is 17.5 Å². The Labute approximate surface area is 158 Å². The van der Waals surface area contributed by atoms with Gasteiger partial charge in [-0.25, -0.2) is 13.2 Å². The number of benzene rings is 1. The van der Waals surface area contributed by atoms with Gasteiger partial charge in [-0.3, -0.25) is 9.59 Å². The molecule has 10 heteroatoms. The lowest BCUT2D eigenvalue weighted by Gasteiger charge is -2.18. The van der Waals surface area contributed by atoms with Crippen LogP contribution >= 0.6 is 24.0 Å². The van der Waals surface area contributed by atoms with Crippen LogP contribution in [0.1, 0.15) is 19.8 Å². The monoisotopic (exact) mass is 406 g/mol. The first-order valence-electron chi connectivity index (χ1n) is 7.85. The predicted molar refractivity (Wildman–Crippen MR) is 96.4 cm³/mol. The number of halogens is 3. The standard InChI is InChI=1S/C16H17F3N2O3S2/c1-9(15(23)20-11-5-4-10(17)13(18)14(11)19)24-12(22)8-26-16(25)21-6-2-3-7-21/h4-5,9H,2-3,6-8H2,1H3,(H,20,23)/t9-/m0/s1. The number of rotatable bonds is 5. The van der Waals surface area contributed by atoms with Crippen LogP contribution in [0.2, 0.25) is 0 Å². The fourth-order valence-electron chi connectivity index (χ4n) is 2.25. The molecule has 1 fully saturated rings. The number of thioether (sulfide) groups is 1. The number of hydrogen-bond donors (Lipinski definition) is 1. The molecule has 1 N–H and O–H groups in total. The third-order valence-electron chi connectivity index (χ3n) is 3.65. The number of thiocarbonyl (C=S) groups is 1. The Hall–Kier alpha value is -1.81. The summed E-state index contributed by atoms with van der Waals surface area (Å²) < 4.78 is 45.1. The van der Waals surface area contributed by atoms with Crippen LogP contribution in [-0.4, -0.2) is 46.0 Å². The summed E-state index contributed by atoms with van der Waals surface area (Å²) in [5.74, 6) is -6.18. The second-order valence-electron chi connectivity index (χ2n) is 5.59. The van der Waals surface area contributed by atoms with E-state index in [-0.39, 0.29) is 5.75 Å². The normalized spacial score (nSPS) is 14.8. The molecule has 0 spiro atoms. The molecule has 0 aromatic heterocycles. The van der Waals surface area contributed by atoms with Gasteiger partial charge in [-0.05, 0) is 31.9 Å². The molecular formula is C16H17F3N2O3S2. The summed E-state index contributed by atoms with van der Waals surface area (Å²) in [4.78, 5) is 25.7. The molecule has 1 saturated heterocycles. The van der Waals surface area contributed by atoms with E-state index >= 15 is 0 Å². The summed E-state index contributed by atoms with van der Waals surface area (Å²) in [6.07, 6.45) is 0.877. The molecule has 0 bridgehead atoms. The lowest BCUT2D eigenvalue weighted by molar-refractivity contribution is -0.150. The van der Waals surface area contributed by atoms with Gasteiger partial charge >= 0.3 is 5.97 Å². The minimum Gasteiger partial charge on any atom is -0.452 e. The lowest BCUT2D eigenvalue weighted by Crippen LogP contribution is -2.31. The highest BCUT2D eigenvalue weighted by atomic mass is 32.2. The van der Waals surface area contributed by atoms with Gasteiger partial charge in [0, 0.05) is 13.1 Å². The molecule has 26 heavy (non-hydrogen) atoms. The van der Waals surface area contributed by atoms with E-state index < -0.39 is 41.1 Å². The van der Waals surface area contributed by atoms with E-state index in [1.807, 2.05) is 4.90 Å². The number of esters is 1. The zero-order valence-corrected chi connectivity index (χ0v) is 15.5. The number of carbonyl (C=O) groups is 2. The summed E-state index contributed by atoms with van der Waals surface area (Å²) in [5.41, 5.74) is -0.540. The Morgan fingerprint density at radius 2 is 1.92 bits per heavy atom. The molecule has 1 aliphatic rings. The van der Waals surface area contributed by atoms with Crippen LogP contribution < -0.4 is 5.32 Å². The number of amides is 1. The van der Waals surface area contributed by atoms with Gasteiger partial charge in [-0.2, -0.15) is 0 Å². The van der Waals surface area contributed by atoms with Crippen LogP contribution in [-0.2, 0) is 14.3 Å². The van der Waals surface area contributed by atoms with Crippen LogP contribution in [0.25, 0.3) is 0 Å². The molecule has 142 valence electrons.